The Morgan fingerprint density at radius 2 is 0.806 bits per heavy atom. The van der Waals surface area contributed by atoms with Crippen LogP contribution in [0.3, 0.4) is 0 Å². The van der Waals surface area contributed by atoms with E-state index in [0.29, 0.717) is 22.2 Å². The molecular weight excluding hydrogens is 1480 g/mol. The molecule has 14 aromatic carbocycles. The van der Waals surface area contributed by atoms with Gasteiger partial charge in [0.25, 0.3) is 6.33 Å². The van der Waals surface area contributed by atoms with Crippen molar-refractivity contribution in [3.8, 4) is 28.7 Å². The van der Waals surface area contributed by atoms with Crippen LogP contribution < -0.4 is 71.5 Å². The quantitative estimate of drug-likeness (QED) is 0.0394. The van der Waals surface area contributed by atoms with E-state index in [1.165, 1.54) is 24.3 Å². The number of benzene rings is 14. The Balaban J connectivity index is 0.0000156. The van der Waals surface area contributed by atoms with Gasteiger partial charge in [0.15, 0.2) is 24.2 Å². The largest absolute Gasteiger partial charge is 0.510 e. The Morgan fingerprint density at radius 3 is 1.25 bits per heavy atom. The van der Waals surface area contributed by atoms with Gasteiger partial charge in [-0.25, -0.2) is 4.98 Å². The van der Waals surface area contributed by atoms with E-state index >= 15 is 0 Å². The summed E-state index contributed by atoms with van der Waals surface area (Å²) in [6, 6.07) is -30.8. The summed E-state index contributed by atoms with van der Waals surface area (Å²) in [4.78, 5) is 4.81. The van der Waals surface area contributed by atoms with E-state index in [2.05, 4.69) is 18.5 Å². The fourth-order valence-corrected chi connectivity index (χ4v) is 25.2. The zero-order valence-electron chi connectivity index (χ0n) is 98.9. The van der Waals surface area contributed by atoms with Crippen molar-refractivity contribution >= 4 is 119 Å². The predicted octanol–water partition coefficient (Wildman–Crippen LogP) is 13.0. The summed E-state index contributed by atoms with van der Waals surface area (Å²) in [6.45, 7) is 6.01. The van der Waals surface area contributed by atoms with Crippen LogP contribution in [0.25, 0.3) is 50.0 Å². The summed E-state index contributed by atoms with van der Waals surface area (Å²) in [5, 5.41) is -13.0. The van der Waals surface area contributed by atoms with Crippen molar-refractivity contribution in [2.75, 3.05) is 0 Å². The number of hydrogen-bond acceptors (Lipinski definition) is 2. The number of pyridine rings is 1. The second-order valence-electron chi connectivity index (χ2n) is 24.0. The van der Waals surface area contributed by atoms with Crippen molar-refractivity contribution in [2.24, 2.45) is 0 Å². The monoisotopic (exact) mass is 1600 g/mol. The van der Waals surface area contributed by atoms with Gasteiger partial charge in [0.2, 0.25) is 0 Å². The normalized spacial score (nSPS) is 18.1. The molecule has 103 heavy (non-hydrogen) atoms. The van der Waals surface area contributed by atoms with Gasteiger partial charge in [-0.3, -0.25) is 4.57 Å². The Labute approximate surface area is 683 Å². The maximum Gasteiger partial charge on any atom is 0.268 e. The number of para-hydroxylation sites is 2. The first-order valence-corrected chi connectivity index (χ1v) is 37.3. The zero-order valence-corrected chi connectivity index (χ0v) is 59.2. The SMILES string of the molecule is [2H]c1c([2H])c([2H])c([Si](c2ccc3c(c2)n(-c2[c-]c(Oc4[c-]c5c(cc4)c4ccccc4n5-c4cc(C(C)(C)C)ccn4)ccc2)[c-][n+]3-c2c([Si](c3c([2H])c([2H])c([2H])c([2H])c3[2H])(c3c([2H])c([2H])c([2H])c([2H])c3[2H])c3c([2H])c([2H])c([2H])c([2H])c3[2H])cccc2[Si](c2c([2H])c([2H])c([2H])c([2H])c2[2H])(c2c([2H])c([2H])c([2H])c([2H])c2[2H])c2c([2H])c([2H])c([2H])c([2H])c2[2H])(c2c([2H])c([2H])c([2H])c([2H])c2[2H])c2c([2H])c([2H])c([2H])c([2H])c2[2H])c([2H])c1[2H].[Pt]. The molecule has 3 aromatic heterocycles. The van der Waals surface area contributed by atoms with Crippen molar-refractivity contribution in [3.05, 3.63) is 405 Å². The maximum absolute atomic E-state index is 10.6. The fourth-order valence-electron chi connectivity index (χ4n) is 13.3. The minimum Gasteiger partial charge on any atom is -0.510 e. The Bertz CT molecular complexity index is 7750. The van der Waals surface area contributed by atoms with Crippen LogP contribution in [0.4, 0.5) is 0 Å². The van der Waals surface area contributed by atoms with E-state index in [4.69, 9.17) is 13.8 Å². The third-order valence-electron chi connectivity index (χ3n) is 17.6. The molecule has 0 unspecified atom stereocenters. The number of hydrogen-bond donors (Lipinski definition) is 0. The molecule has 0 aliphatic carbocycles. The first-order valence-electron chi connectivity index (χ1n) is 53.8. The summed E-state index contributed by atoms with van der Waals surface area (Å²) in [7, 11) is -20.9. The molecule has 5 nitrogen and oxygen atoms in total. The smallest absolute Gasteiger partial charge is 0.268 e. The van der Waals surface area contributed by atoms with Crippen molar-refractivity contribution in [1.29, 1.82) is 0 Å². The van der Waals surface area contributed by atoms with Gasteiger partial charge in [0.1, 0.15) is 5.82 Å². The number of nitrogens with zero attached hydrogens (tertiary/aromatic N) is 4. The van der Waals surface area contributed by atoms with Crippen LogP contribution in [-0.4, -0.2) is 38.3 Å². The summed E-state index contributed by atoms with van der Waals surface area (Å²) >= 11 is 0. The number of fused-ring (bicyclic) bond motifs is 4. The molecule has 0 fully saturated rings. The molecule has 17 rings (SSSR count). The van der Waals surface area contributed by atoms with Crippen LogP contribution in [0.5, 0.6) is 11.5 Å². The average molecular weight is 1600 g/mol. The van der Waals surface area contributed by atoms with Gasteiger partial charge >= 0.3 is 0 Å². The second kappa shape index (κ2) is 27.9. The average Bonchev–Trinajstić information content (AvgIpc) is 0.868. The van der Waals surface area contributed by atoms with Gasteiger partial charge in [0.05, 0.1) is 78.4 Å². The minimum absolute atomic E-state index is 0. The molecule has 9 heteroatoms. The first-order chi connectivity index (χ1) is 68.9. The van der Waals surface area contributed by atoms with Gasteiger partial charge in [-0.1, -0.05) is 353 Å². The van der Waals surface area contributed by atoms with E-state index in [0.717, 1.165) is 56.5 Å². The van der Waals surface area contributed by atoms with Crippen molar-refractivity contribution < 1.29 is 92.1 Å². The molecule has 0 saturated heterocycles. The Kier molecular flexibility index (Phi) is 8.86. The molecule has 0 saturated carbocycles. The molecule has 0 amide bonds. The zero-order chi connectivity index (χ0) is 108. The van der Waals surface area contributed by atoms with Crippen LogP contribution in [0.15, 0.2) is 381 Å². The number of imidazole rings is 1. The molecule has 0 N–H and O–H groups in total. The molecule has 17 aromatic rings. The van der Waals surface area contributed by atoms with Gasteiger partial charge in [-0.2, -0.15) is 18.2 Å². The van der Waals surface area contributed by atoms with Crippen LogP contribution in [0, 0.1) is 18.5 Å². The van der Waals surface area contributed by atoms with Crippen molar-refractivity contribution in [1.82, 2.24) is 14.1 Å². The van der Waals surface area contributed by atoms with E-state index in [1.807, 2.05) is 55.7 Å². The van der Waals surface area contributed by atoms with E-state index < -0.39 is 386 Å². The topological polar surface area (TPSA) is 35.9 Å². The summed E-state index contributed by atoms with van der Waals surface area (Å²) in [5.74, 6) is 0.0209. The first kappa shape index (κ1) is 32.7. The number of rotatable bonds is 17. The van der Waals surface area contributed by atoms with Crippen LogP contribution in [0.2, 0.25) is 0 Å². The second-order valence-corrected chi connectivity index (χ2v) is 34.7. The molecule has 0 atom stereocenters. The van der Waals surface area contributed by atoms with E-state index in [-0.39, 0.29) is 32.6 Å². The summed E-state index contributed by atoms with van der Waals surface area (Å²) in [6.07, 6.45) is 4.79. The number of ether oxygens (including phenoxy) is 1. The third kappa shape index (κ3) is 11.4. The van der Waals surface area contributed by atoms with Crippen LogP contribution in [0.1, 0.15) is 88.0 Å². The Morgan fingerprint density at radius 1 is 0.388 bits per heavy atom. The van der Waals surface area contributed by atoms with Crippen LogP contribution in [-0.2, 0) is 26.5 Å². The predicted molar refractivity (Wildman–Crippen MR) is 430 cm³/mol. The number of aromatic nitrogens is 4. The minimum atomic E-state index is -7.20. The van der Waals surface area contributed by atoms with E-state index in [9.17, 15) is 57.6 Å². The van der Waals surface area contributed by atoms with Gasteiger partial charge < -0.3 is 13.9 Å². The summed E-state index contributed by atoms with van der Waals surface area (Å²) < 4.78 is 456. The van der Waals surface area contributed by atoms with Gasteiger partial charge in [-0.05, 0) is 102 Å². The molecule has 498 valence electrons. The molecule has 0 spiro atoms. The van der Waals surface area contributed by atoms with Crippen LogP contribution >= 0.6 is 0 Å². The molecule has 3 heterocycles. The molecule has 0 aliphatic rings. The van der Waals surface area contributed by atoms with Gasteiger partial charge in [-0.15, -0.1) is 29.7 Å². The standard InChI is InChI=1S/C94H72N4OSi3.Pt/c1-94(2,3)70-63-64-95-92(65-70)98-86-56-32-31-55-84(86)85-61-59-73(67-88(85)98)99-72-36-33-35-71(66-72)96-69-97(87-62-60-83(68-89(87)96)100(74-37-13-4-14-38-74,75-39-15-5-16-40-75)76-41-17-6-18-42-76)93-90(101(77-43-19-7-20-44-77,78-45-21-8-22-46-78)79-47-23-9-24-48-79)57-34-58-91(93)102(80-49-25-10-26-50-80,81-51-27-11-28-52-81)82-53-29-12-30-54-82;/h4-65,68H,1-3H3;/q-2;/i4D,5D,6D,7D,8D,9D,10D,11D,12D,13D,14D,15D,16D,17D,18D,19D,20D,21D,22D,23D,24D,25D,26D,27D,28D,29D,30D,37D,38D,39D,40D,41D,42D,43D,44D,45D,46D,47D,48D,49D,50D,51D,52D,53D,54D;. The molecular formula is C94H72N4OPtSi3-2. The Hall–Kier alpha value is -11.4. The molecule has 0 radical (unpaired) electrons. The van der Waals surface area contributed by atoms with Crippen molar-refractivity contribution in [3.63, 3.8) is 0 Å². The third-order valence-corrected chi connectivity index (χ3v) is 30.2. The van der Waals surface area contributed by atoms with Gasteiger partial charge in [0, 0.05) is 44.3 Å². The fraction of sp³-hybridized carbons (Fsp3) is 0.0426. The van der Waals surface area contributed by atoms with Crippen molar-refractivity contribution in [2.45, 2.75) is 26.2 Å². The maximum atomic E-state index is 10.6. The summed E-state index contributed by atoms with van der Waals surface area (Å²) in [5.41, 5.74) is -1.64. The van der Waals surface area contributed by atoms with E-state index in [1.54, 1.807) is 18.3 Å². The molecule has 0 aliphatic heterocycles. The molecule has 0 bridgehead atoms.